The fourth-order valence-electron chi connectivity index (χ4n) is 3.76. The predicted molar refractivity (Wildman–Crippen MR) is 105 cm³/mol. The van der Waals surface area contributed by atoms with E-state index in [9.17, 15) is 18.0 Å². The molecule has 1 atom stereocenters. The summed E-state index contributed by atoms with van der Waals surface area (Å²) in [6.45, 7) is 2.10. The van der Waals surface area contributed by atoms with Gasteiger partial charge in [0.15, 0.2) is 15.5 Å². The summed E-state index contributed by atoms with van der Waals surface area (Å²) in [7, 11) is -3.05. The predicted octanol–water partition coefficient (Wildman–Crippen LogP) is 0.197. The van der Waals surface area contributed by atoms with Crippen LogP contribution >= 0.6 is 0 Å². The van der Waals surface area contributed by atoms with E-state index in [4.69, 9.17) is 0 Å². The van der Waals surface area contributed by atoms with Gasteiger partial charge < -0.3 is 9.80 Å². The Kier molecular flexibility index (Phi) is 5.35. The van der Waals surface area contributed by atoms with Gasteiger partial charge in [-0.15, -0.1) is 5.10 Å². The van der Waals surface area contributed by atoms with Crippen LogP contribution in [0.5, 0.6) is 0 Å². The molecular formula is C19H23N5O4S. The van der Waals surface area contributed by atoms with Crippen molar-refractivity contribution in [2.24, 2.45) is 5.92 Å². The lowest BCUT2D eigenvalue weighted by molar-refractivity contribution is -0.128. The highest BCUT2D eigenvalue weighted by Gasteiger charge is 2.31. The van der Waals surface area contributed by atoms with Crippen LogP contribution in [-0.2, 0) is 27.7 Å². The molecule has 0 spiro atoms. The molecule has 4 rings (SSSR count). The van der Waals surface area contributed by atoms with Gasteiger partial charge >= 0.3 is 0 Å². The molecule has 29 heavy (non-hydrogen) atoms. The Bertz CT molecular complexity index is 991. The number of hydrogen-bond donors (Lipinski definition) is 0. The monoisotopic (exact) mass is 417 g/mol. The summed E-state index contributed by atoms with van der Waals surface area (Å²) < 4.78 is 24.6. The number of hydrogen-bond acceptors (Lipinski definition) is 6. The number of nitrogens with zero attached hydrogens (tertiary/aromatic N) is 5. The molecule has 2 aromatic rings. The van der Waals surface area contributed by atoms with E-state index in [1.807, 2.05) is 35.2 Å². The van der Waals surface area contributed by atoms with Crippen LogP contribution in [0.4, 0.5) is 0 Å². The largest absolute Gasteiger partial charge is 0.338 e. The average Bonchev–Trinajstić information content (AvgIpc) is 3.29. The Balaban J connectivity index is 1.33. The molecule has 0 radical (unpaired) electrons. The minimum atomic E-state index is -3.05. The standard InChI is InChI=1S/C19H23N5O4S/c25-18-10-16(12-23(18)11-15-4-2-1-3-5-15)13-24-14-17(20-21-24)19(26)22-6-8-29(27,28)9-7-22/h1-5,14,16H,6-13H2. The summed E-state index contributed by atoms with van der Waals surface area (Å²) in [5, 5.41) is 7.98. The lowest BCUT2D eigenvalue weighted by Crippen LogP contribution is -2.43. The van der Waals surface area contributed by atoms with Gasteiger partial charge in [0.1, 0.15) is 0 Å². The van der Waals surface area contributed by atoms with E-state index in [-0.39, 0.29) is 48.0 Å². The molecule has 1 unspecified atom stereocenters. The zero-order valence-electron chi connectivity index (χ0n) is 16.0. The van der Waals surface area contributed by atoms with E-state index >= 15 is 0 Å². The molecule has 10 heteroatoms. The second kappa shape index (κ2) is 7.94. The zero-order valence-corrected chi connectivity index (χ0v) is 16.8. The second-order valence-corrected chi connectivity index (χ2v) is 9.90. The summed E-state index contributed by atoms with van der Waals surface area (Å²) >= 11 is 0. The highest BCUT2D eigenvalue weighted by molar-refractivity contribution is 7.91. The molecule has 0 bridgehead atoms. The van der Waals surface area contributed by atoms with Gasteiger partial charge in [-0.05, 0) is 5.56 Å². The first-order chi connectivity index (χ1) is 13.9. The van der Waals surface area contributed by atoms with Gasteiger partial charge in [-0.3, -0.25) is 14.3 Å². The molecule has 2 saturated heterocycles. The fourth-order valence-corrected chi connectivity index (χ4v) is 4.96. The van der Waals surface area contributed by atoms with Crippen molar-refractivity contribution in [2.75, 3.05) is 31.1 Å². The molecule has 154 valence electrons. The maximum atomic E-state index is 12.5. The van der Waals surface area contributed by atoms with Crippen LogP contribution in [0.3, 0.4) is 0 Å². The van der Waals surface area contributed by atoms with Crippen LogP contribution in [0.25, 0.3) is 0 Å². The normalized spacial score (nSPS) is 21.5. The third kappa shape index (κ3) is 4.64. The molecule has 1 aromatic heterocycles. The van der Waals surface area contributed by atoms with Gasteiger partial charge in [0.2, 0.25) is 5.91 Å². The van der Waals surface area contributed by atoms with Crippen molar-refractivity contribution < 1.29 is 18.0 Å². The number of aromatic nitrogens is 3. The first kappa shape index (κ1) is 19.6. The molecule has 2 amide bonds. The van der Waals surface area contributed by atoms with E-state index in [0.29, 0.717) is 26.1 Å². The molecular weight excluding hydrogens is 394 g/mol. The van der Waals surface area contributed by atoms with Crippen LogP contribution in [0.2, 0.25) is 0 Å². The third-order valence-electron chi connectivity index (χ3n) is 5.35. The topological polar surface area (TPSA) is 105 Å². The Morgan fingerprint density at radius 1 is 1.14 bits per heavy atom. The minimum Gasteiger partial charge on any atom is -0.338 e. The van der Waals surface area contributed by atoms with E-state index in [1.165, 1.54) is 4.90 Å². The van der Waals surface area contributed by atoms with Crippen molar-refractivity contribution >= 4 is 21.7 Å². The molecule has 9 nitrogen and oxygen atoms in total. The summed E-state index contributed by atoms with van der Waals surface area (Å²) in [6, 6.07) is 9.87. The van der Waals surface area contributed by atoms with Crippen molar-refractivity contribution in [1.82, 2.24) is 24.8 Å². The van der Waals surface area contributed by atoms with Crippen LogP contribution in [0.1, 0.15) is 22.5 Å². The third-order valence-corrected chi connectivity index (χ3v) is 6.95. The number of likely N-dealkylation sites (tertiary alicyclic amines) is 1. The molecule has 1 aromatic carbocycles. The number of sulfone groups is 1. The molecule has 3 heterocycles. The Hall–Kier alpha value is -2.75. The summed E-state index contributed by atoms with van der Waals surface area (Å²) in [5.74, 6) is -0.122. The van der Waals surface area contributed by atoms with Gasteiger partial charge in [-0.1, -0.05) is 35.5 Å². The van der Waals surface area contributed by atoms with Crippen LogP contribution < -0.4 is 0 Å². The van der Waals surface area contributed by atoms with Crippen molar-refractivity contribution in [3.8, 4) is 0 Å². The summed E-state index contributed by atoms with van der Waals surface area (Å²) in [5.41, 5.74) is 1.30. The minimum absolute atomic E-state index is 0.0195. The SMILES string of the molecule is O=C1CC(Cn2cc(C(=O)N3CCS(=O)(=O)CC3)nn2)CN1Cc1ccccc1. The molecule has 0 saturated carbocycles. The number of rotatable bonds is 5. The summed E-state index contributed by atoms with van der Waals surface area (Å²) in [4.78, 5) is 28.2. The first-order valence-electron chi connectivity index (χ1n) is 9.61. The fraction of sp³-hybridized carbons (Fsp3) is 0.474. The number of carbonyl (C=O) groups excluding carboxylic acids is 2. The Labute approximate surface area is 169 Å². The van der Waals surface area contributed by atoms with Crippen LogP contribution in [-0.4, -0.2) is 76.2 Å². The Morgan fingerprint density at radius 2 is 1.86 bits per heavy atom. The molecule has 2 fully saturated rings. The Morgan fingerprint density at radius 3 is 2.59 bits per heavy atom. The highest BCUT2D eigenvalue weighted by Crippen LogP contribution is 2.21. The van der Waals surface area contributed by atoms with E-state index in [0.717, 1.165) is 5.56 Å². The highest BCUT2D eigenvalue weighted by atomic mass is 32.2. The summed E-state index contributed by atoms with van der Waals surface area (Å²) in [6.07, 6.45) is 2.02. The van der Waals surface area contributed by atoms with Crippen molar-refractivity contribution in [2.45, 2.75) is 19.5 Å². The average molecular weight is 417 g/mol. The van der Waals surface area contributed by atoms with Crippen molar-refractivity contribution in [3.63, 3.8) is 0 Å². The maximum absolute atomic E-state index is 12.5. The lowest BCUT2D eigenvalue weighted by atomic mass is 10.1. The number of benzene rings is 1. The van der Waals surface area contributed by atoms with Gasteiger partial charge in [0.25, 0.3) is 5.91 Å². The molecule has 2 aliphatic heterocycles. The molecule has 2 aliphatic rings. The number of amides is 2. The second-order valence-electron chi connectivity index (χ2n) is 7.60. The van der Waals surface area contributed by atoms with E-state index in [2.05, 4.69) is 10.3 Å². The van der Waals surface area contributed by atoms with Crippen LogP contribution in [0.15, 0.2) is 36.5 Å². The van der Waals surface area contributed by atoms with Gasteiger partial charge in [0.05, 0.1) is 17.7 Å². The first-order valence-corrected chi connectivity index (χ1v) is 11.4. The number of carbonyl (C=O) groups is 2. The molecule has 0 N–H and O–H groups in total. The van der Waals surface area contributed by atoms with Gasteiger partial charge in [-0.25, -0.2) is 8.42 Å². The van der Waals surface area contributed by atoms with Gasteiger partial charge in [-0.2, -0.15) is 0 Å². The van der Waals surface area contributed by atoms with Crippen molar-refractivity contribution in [1.29, 1.82) is 0 Å². The lowest BCUT2D eigenvalue weighted by Gasteiger charge is -2.25. The zero-order chi connectivity index (χ0) is 20.4. The molecule has 0 aliphatic carbocycles. The van der Waals surface area contributed by atoms with E-state index < -0.39 is 9.84 Å². The van der Waals surface area contributed by atoms with E-state index in [1.54, 1.807) is 10.9 Å². The van der Waals surface area contributed by atoms with Crippen LogP contribution in [0, 0.1) is 5.92 Å². The van der Waals surface area contributed by atoms with Gasteiger partial charge in [0, 0.05) is 45.1 Å². The quantitative estimate of drug-likeness (QED) is 0.688. The van der Waals surface area contributed by atoms with Crippen molar-refractivity contribution in [3.05, 3.63) is 47.8 Å². The smallest absolute Gasteiger partial charge is 0.276 e. The maximum Gasteiger partial charge on any atom is 0.276 e.